The Kier molecular flexibility index (Phi) is 3.89. The monoisotopic (exact) mass is 311 g/mol. The zero-order valence-electron chi connectivity index (χ0n) is 12.4. The Morgan fingerprint density at radius 3 is 2.83 bits per heavy atom. The summed E-state index contributed by atoms with van der Waals surface area (Å²) in [6, 6.07) is 11.6. The number of aryl methyl sites for hydroxylation is 1. The number of hydrogen-bond acceptors (Lipinski definition) is 3. The number of fused-ring (bicyclic) bond motifs is 1. The SMILES string of the molecule is Cc1ccc(NC(=O)Cn2c(=O)cnc3ccccc32)c(F)c1. The molecule has 5 nitrogen and oxygen atoms in total. The van der Waals surface area contributed by atoms with Gasteiger partial charge >= 0.3 is 0 Å². The molecule has 3 rings (SSSR count). The maximum Gasteiger partial charge on any atom is 0.269 e. The van der Waals surface area contributed by atoms with E-state index in [1.807, 2.05) is 0 Å². The third kappa shape index (κ3) is 3.11. The molecule has 0 aliphatic heterocycles. The summed E-state index contributed by atoms with van der Waals surface area (Å²) in [5, 5.41) is 2.48. The maximum absolute atomic E-state index is 13.8. The molecule has 0 fully saturated rings. The van der Waals surface area contributed by atoms with Crippen LogP contribution in [0.15, 0.2) is 53.5 Å². The van der Waals surface area contributed by atoms with Crippen LogP contribution in [0, 0.1) is 12.7 Å². The molecule has 0 saturated carbocycles. The molecule has 1 heterocycles. The number of nitrogens with zero attached hydrogens (tertiary/aromatic N) is 2. The van der Waals surface area contributed by atoms with Gasteiger partial charge < -0.3 is 5.32 Å². The van der Waals surface area contributed by atoms with Crippen LogP contribution < -0.4 is 10.9 Å². The normalized spacial score (nSPS) is 10.7. The molecule has 1 amide bonds. The van der Waals surface area contributed by atoms with E-state index in [1.54, 1.807) is 37.3 Å². The van der Waals surface area contributed by atoms with Crippen LogP contribution in [-0.2, 0) is 11.3 Å². The molecule has 0 saturated heterocycles. The van der Waals surface area contributed by atoms with E-state index >= 15 is 0 Å². The fourth-order valence-electron chi connectivity index (χ4n) is 2.33. The molecule has 0 bridgehead atoms. The van der Waals surface area contributed by atoms with E-state index in [2.05, 4.69) is 10.3 Å². The molecular formula is C17H14FN3O2. The van der Waals surface area contributed by atoms with Crippen LogP contribution in [0.25, 0.3) is 11.0 Å². The molecule has 0 spiro atoms. The maximum atomic E-state index is 13.8. The second-order valence-electron chi connectivity index (χ2n) is 5.20. The van der Waals surface area contributed by atoms with Gasteiger partial charge in [0.05, 0.1) is 22.9 Å². The summed E-state index contributed by atoms with van der Waals surface area (Å²) < 4.78 is 15.1. The first-order valence-corrected chi connectivity index (χ1v) is 7.05. The van der Waals surface area contributed by atoms with Crippen molar-refractivity contribution in [2.75, 3.05) is 5.32 Å². The van der Waals surface area contributed by atoms with Crippen LogP contribution in [0.4, 0.5) is 10.1 Å². The number of hydrogen-bond donors (Lipinski definition) is 1. The Labute approximate surface area is 131 Å². The summed E-state index contributed by atoms with van der Waals surface area (Å²) in [4.78, 5) is 28.2. The van der Waals surface area contributed by atoms with Crippen molar-refractivity contribution < 1.29 is 9.18 Å². The van der Waals surface area contributed by atoms with E-state index in [4.69, 9.17) is 0 Å². The van der Waals surface area contributed by atoms with Crippen molar-refractivity contribution in [1.82, 2.24) is 9.55 Å². The van der Waals surface area contributed by atoms with E-state index in [-0.39, 0.29) is 17.8 Å². The van der Waals surface area contributed by atoms with Crippen molar-refractivity contribution in [3.8, 4) is 0 Å². The third-order valence-corrected chi connectivity index (χ3v) is 3.45. The zero-order chi connectivity index (χ0) is 16.4. The van der Waals surface area contributed by atoms with Gasteiger partial charge in [0.1, 0.15) is 12.4 Å². The molecule has 6 heteroatoms. The van der Waals surface area contributed by atoms with Crippen molar-refractivity contribution >= 4 is 22.6 Å². The van der Waals surface area contributed by atoms with E-state index in [9.17, 15) is 14.0 Å². The van der Waals surface area contributed by atoms with Crippen LogP contribution in [-0.4, -0.2) is 15.5 Å². The second-order valence-corrected chi connectivity index (χ2v) is 5.20. The number of halogens is 1. The summed E-state index contributed by atoms with van der Waals surface area (Å²) >= 11 is 0. The average Bonchev–Trinajstić information content (AvgIpc) is 2.53. The number of benzene rings is 2. The number of aromatic nitrogens is 2. The molecule has 1 aromatic heterocycles. The lowest BCUT2D eigenvalue weighted by molar-refractivity contribution is -0.116. The zero-order valence-corrected chi connectivity index (χ0v) is 12.4. The second kappa shape index (κ2) is 6.00. The van der Waals surface area contributed by atoms with Gasteiger partial charge in [-0.25, -0.2) is 9.37 Å². The molecule has 3 aromatic rings. The first kappa shape index (κ1) is 14.9. The topological polar surface area (TPSA) is 64.0 Å². The van der Waals surface area contributed by atoms with Crippen LogP contribution in [0.3, 0.4) is 0 Å². The predicted molar refractivity (Wildman–Crippen MR) is 85.8 cm³/mol. The van der Waals surface area contributed by atoms with Gasteiger partial charge in [-0.15, -0.1) is 0 Å². The summed E-state index contributed by atoms with van der Waals surface area (Å²) in [6.45, 7) is 1.55. The molecule has 0 unspecified atom stereocenters. The number of para-hydroxylation sites is 2. The number of rotatable bonds is 3. The molecule has 1 N–H and O–H groups in total. The number of anilines is 1. The van der Waals surface area contributed by atoms with Gasteiger partial charge in [-0.3, -0.25) is 14.2 Å². The van der Waals surface area contributed by atoms with E-state index in [1.165, 1.54) is 22.9 Å². The summed E-state index contributed by atoms with van der Waals surface area (Å²) in [5.41, 5.74) is 1.63. The highest BCUT2D eigenvalue weighted by molar-refractivity contribution is 5.91. The summed E-state index contributed by atoms with van der Waals surface area (Å²) in [7, 11) is 0. The summed E-state index contributed by atoms with van der Waals surface area (Å²) in [6.07, 6.45) is 1.17. The van der Waals surface area contributed by atoms with E-state index in [0.717, 1.165) is 5.56 Å². The number of carbonyl (C=O) groups is 1. The molecule has 116 valence electrons. The Balaban J connectivity index is 1.89. The highest BCUT2D eigenvalue weighted by Gasteiger charge is 2.11. The van der Waals surface area contributed by atoms with Crippen LogP contribution in [0.2, 0.25) is 0 Å². The minimum Gasteiger partial charge on any atom is -0.322 e. The number of nitrogens with one attached hydrogen (secondary N) is 1. The smallest absolute Gasteiger partial charge is 0.269 e. The van der Waals surface area contributed by atoms with Crippen LogP contribution in [0.1, 0.15) is 5.56 Å². The Hall–Kier alpha value is -3.02. The fraction of sp³-hybridized carbons (Fsp3) is 0.118. The Morgan fingerprint density at radius 2 is 2.04 bits per heavy atom. The third-order valence-electron chi connectivity index (χ3n) is 3.45. The van der Waals surface area contributed by atoms with Crippen molar-refractivity contribution in [1.29, 1.82) is 0 Å². The van der Waals surface area contributed by atoms with Crippen molar-refractivity contribution in [2.24, 2.45) is 0 Å². The highest BCUT2D eigenvalue weighted by Crippen LogP contribution is 2.15. The number of carbonyl (C=O) groups excluding carboxylic acids is 1. The van der Waals surface area contributed by atoms with E-state index in [0.29, 0.717) is 11.0 Å². The molecular weight excluding hydrogens is 297 g/mol. The first-order chi connectivity index (χ1) is 11.0. The van der Waals surface area contributed by atoms with Gasteiger partial charge in [0, 0.05) is 0 Å². The van der Waals surface area contributed by atoms with Gasteiger partial charge in [-0.2, -0.15) is 0 Å². The molecule has 0 aliphatic rings. The van der Waals surface area contributed by atoms with Gasteiger partial charge in [0.2, 0.25) is 5.91 Å². The number of amides is 1. The average molecular weight is 311 g/mol. The first-order valence-electron chi connectivity index (χ1n) is 7.05. The molecule has 0 atom stereocenters. The van der Waals surface area contributed by atoms with E-state index < -0.39 is 11.7 Å². The van der Waals surface area contributed by atoms with Gasteiger partial charge in [-0.1, -0.05) is 18.2 Å². The molecule has 23 heavy (non-hydrogen) atoms. The minimum atomic E-state index is -0.509. The lowest BCUT2D eigenvalue weighted by atomic mass is 10.2. The Bertz CT molecular complexity index is 950. The molecule has 0 aliphatic carbocycles. The lowest BCUT2D eigenvalue weighted by Gasteiger charge is -2.10. The summed E-state index contributed by atoms with van der Waals surface area (Å²) in [5.74, 6) is -0.989. The van der Waals surface area contributed by atoms with Crippen molar-refractivity contribution in [3.05, 3.63) is 70.4 Å². The van der Waals surface area contributed by atoms with Gasteiger partial charge in [0.15, 0.2) is 0 Å². The predicted octanol–water partition coefficient (Wildman–Crippen LogP) is 2.48. The van der Waals surface area contributed by atoms with Gasteiger partial charge in [-0.05, 0) is 36.8 Å². The van der Waals surface area contributed by atoms with Crippen LogP contribution >= 0.6 is 0 Å². The lowest BCUT2D eigenvalue weighted by Crippen LogP contribution is -2.28. The van der Waals surface area contributed by atoms with Gasteiger partial charge in [0.25, 0.3) is 5.56 Å². The largest absolute Gasteiger partial charge is 0.322 e. The van der Waals surface area contributed by atoms with Crippen LogP contribution in [0.5, 0.6) is 0 Å². The minimum absolute atomic E-state index is 0.0898. The highest BCUT2D eigenvalue weighted by atomic mass is 19.1. The Morgan fingerprint density at radius 1 is 1.26 bits per heavy atom. The fourth-order valence-corrected chi connectivity index (χ4v) is 2.33. The standard InChI is InChI=1S/C17H14FN3O2/c1-11-6-7-13(12(18)8-11)20-16(22)10-21-15-5-3-2-4-14(15)19-9-17(21)23/h2-9H,10H2,1H3,(H,20,22). The van der Waals surface area contributed by atoms with Crippen molar-refractivity contribution in [2.45, 2.75) is 13.5 Å². The molecule has 0 radical (unpaired) electrons. The van der Waals surface area contributed by atoms with Crippen molar-refractivity contribution in [3.63, 3.8) is 0 Å². The quantitative estimate of drug-likeness (QED) is 0.808. The molecule has 2 aromatic carbocycles.